The molecule has 1 atom stereocenters. The van der Waals surface area contributed by atoms with Crippen molar-refractivity contribution in [3.05, 3.63) is 53.9 Å². The number of fused-ring (bicyclic) bond motifs is 1. The first kappa shape index (κ1) is 14.6. The van der Waals surface area contributed by atoms with Crippen molar-refractivity contribution >= 4 is 17.4 Å². The first-order valence-electron chi connectivity index (χ1n) is 8.36. The fourth-order valence-electron chi connectivity index (χ4n) is 3.73. The van der Waals surface area contributed by atoms with Crippen molar-refractivity contribution in [2.24, 2.45) is 5.92 Å². The van der Waals surface area contributed by atoms with Crippen molar-refractivity contribution < 1.29 is 4.79 Å². The van der Waals surface area contributed by atoms with Crippen LogP contribution in [-0.4, -0.2) is 21.7 Å². The third kappa shape index (κ3) is 2.72. The van der Waals surface area contributed by atoms with Crippen molar-refractivity contribution in [1.82, 2.24) is 9.27 Å². The summed E-state index contributed by atoms with van der Waals surface area (Å²) >= 11 is 1.41. The molecular weight excluding hydrogens is 304 g/mol. The summed E-state index contributed by atoms with van der Waals surface area (Å²) < 4.78 is 4.29. The summed E-state index contributed by atoms with van der Waals surface area (Å²) in [5.74, 6) is 0.698. The number of benzene rings is 1. The molecule has 1 amide bonds. The summed E-state index contributed by atoms with van der Waals surface area (Å²) in [6.07, 6.45) is 9.93. The number of nitrogens with zero attached hydrogens (tertiary/aromatic N) is 2. The van der Waals surface area contributed by atoms with E-state index in [2.05, 4.69) is 10.4 Å². The van der Waals surface area contributed by atoms with Gasteiger partial charge in [0.15, 0.2) is 0 Å². The molecular formula is C19H20N2OS. The average molecular weight is 324 g/mol. The highest BCUT2D eigenvalue weighted by molar-refractivity contribution is 7.10. The van der Waals surface area contributed by atoms with E-state index in [9.17, 15) is 4.79 Å². The van der Waals surface area contributed by atoms with Gasteiger partial charge in [-0.3, -0.25) is 4.79 Å². The van der Waals surface area contributed by atoms with E-state index in [1.54, 1.807) is 6.20 Å². The van der Waals surface area contributed by atoms with Gasteiger partial charge in [0.2, 0.25) is 0 Å². The van der Waals surface area contributed by atoms with Crippen LogP contribution >= 0.6 is 11.5 Å². The highest BCUT2D eigenvalue weighted by atomic mass is 32.1. The zero-order valence-corrected chi connectivity index (χ0v) is 13.9. The number of carbonyl (C=O) groups is 1. The van der Waals surface area contributed by atoms with Gasteiger partial charge in [0.1, 0.15) is 0 Å². The fraction of sp³-hybridized carbons (Fsp3) is 0.368. The van der Waals surface area contributed by atoms with Crippen LogP contribution in [0.3, 0.4) is 0 Å². The Bertz CT molecular complexity index is 735. The molecule has 2 aliphatic rings. The van der Waals surface area contributed by atoms with Crippen molar-refractivity contribution in [3.63, 3.8) is 0 Å². The lowest BCUT2D eigenvalue weighted by Gasteiger charge is -2.38. The molecule has 0 radical (unpaired) electrons. The highest BCUT2D eigenvalue weighted by Crippen LogP contribution is 2.37. The topological polar surface area (TPSA) is 33.2 Å². The lowest BCUT2D eigenvalue weighted by molar-refractivity contribution is 0.0750. The number of amides is 1. The van der Waals surface area contributed by atoms with E-state index in [0.717, 1.165) is 35.4 Å². The van der Waals surface area contributed by atoms with Crippen LogP contribution < -0.4 is 0 Å². The van der Waals surface area contributed by atoms with Gasteiger partial charge in [0, 0.05) is 12.2 Å². The molecule has 1 aliphatic heterocycles. The van der Waals surface area contributed by atoms with Crippen LogP contribution in [0.4, 0.5) is 0 Å². The van der Waals surface area contributed by atoms with Crippen LogP contribution in [0, 0.1) is 5.92 Å². The first-order valence-corrected chi connectivity index (χ1v) is 9.14. The molecule has 0 saturated carbocycles. The number of likely N-dealkylation sites (tertiary alicyclic amines) is 1. The third-order valence-corrected chi connectivity index (χ3v) is 5.71. The minimum Gasteiger partial charge on any atom is -0.312 e. The SMILES string of the molecule is O=C(c1cnsc1-c1ccccc1)N1CCCC2CCCC=C21. The lowest BCUT2D eigenvalue weighted by Crippen LogP contribution is -2.39. The molecule has 0 spiro atoms. The number of hydrogen-bond donors (Lipinski definition) is 0. The molecule has 118 valence electrons. The molecule has 1 aromatic carbocycles. The maximum atomic E-state index is 13.2. The second-order valence-electron chi connectivity index (χ2n) is 6.29. The van der Waals surface area contributed by atoms with E-state index in [4.69, 9.17) is 0 Å². The van der Waals surface area contributed by atoms with Crippen LogP contribution in [0.2, 0.25) is 0 Å². The zero-order chi connectivity index (χ0) is 15.6. The number of allylic oxidation sites excluding steroid dienone is 2. The number of hydrogen-bond acceptors (Lipinski definition) is 3. The van der Waals surface area contributed by atoms with Gasteiger partial charge in [-0.1, -0.05) is 36.4 Å². The van der Waals surface area contributed by atoms with Crippen LogP contribution in [0.5, 0.6) is 0 Å². The maximum absolute atomic E-state index is 13.2. The Morgan fingerprint density at radius 2 is 2.00 bits per heavy atom. The molecule has 23 heavy (non-hydrogen) atoms. The van der Waals surface area contributed by atoms with Crippen LogP contribution in [0.25, 0.3) is 10.4 Å². The van der Waals surface area contributed by atoms with Crippen molar-refractivity contribution in [3.8, 4) is 10.4 Å². The zero-order valence-electron chi connectivity index (χ0n) is 13.1. The Hall–Kier alpha value is -1.94. The summed E-state index contributed by atoms with van der Waals surface area (Å²) in [7, 11) is 0. The van der Waals surface area contributed by atoms with Crippen LogP contribution in [-0.2, 0) is 0 Å². The molecule has 1 aliphatic carbocycles. The number of rotatable bonds is 2. The van der Waals surface area contributed by atoms with E-state index in [1.807, 2.05) is 35.2 Å². The molecule has 0 bridgehead atoms. The van der Waals surface area contributed by atoms with Crippen molar-refractivity contribution in [2.75, 3.05) is 6.54 Å². The first-order chi connectivity index (χ1) is 11.3. The molecule has 3 nitrogen and oxygen atoms in total. The molecule has 1 fully saturated rings. The Morgan fingerprint density at radius 1 is 1.17 bits per heavy atom. The summed E-state index contributed by atoms with van der Waals surface area (Å²) in [6.45, 7) is 0.839. The molecule has 1 aromatic heterocycles. The maximum Gasteiger partial charge on any atom is 0.261 e. The summed E-state index contributed by atoms with van der Waals surface area (Å²) in [6, 6.07) is 10.1. The molecule has 4 rings (SSSR count). The average Bonchev–Trinajstić information content (AvgIpc) is 3.11. The van der Waals surface area contributed by atoms with E-state index >= 15 is 0 Å². The van der Waals surface area contributed by atoms with Gasteiger partial charge >= 0.3 is 0 Å². The van der Waals surface area contributed by atoms with E-state index in [0.29, 0.717) is 5.92 Å². The van der Waals surface area contributed by atoms with Gasteiger partial charge in [-0.2, -0.15) is 4.37 Å². The fourth-order valence-corrected chi connectivity index (χ4v) is 4.47. The minimum atomic E-state index is 0.121. The minimum absolute atomic E-state index is 0.121. The Kier molecular flexibility index (Phi) is 4.00. The molecule has 1 unspecified atom stereocenters. The third-order valence-electron chi connectivity index (χ3n) is 4.86. The second-order valence-corrected chi connectivity index (χ2v) is 7.09. The smallest absolute Gasteiger partial charge is 0.261 e. The predicted octanol–water partition coefficient (Wildman–Crippen LogP) is 4.73. The highest BCUT2D eigenvalue weighted by Gasteiger charge is 2.32. The molecule has 2 aromatic rings. The Labute approximate surface area is 140 Å². The molecule has 2 heterocycles. The van der Waals surface area contributed by atoms with Gasteiger partial charge in [-0.25, -0.2) is 0 Å². The van der Waals surface area contributed by atoms with Crippen molar-refractivity contribution in [2.45, 2.75) is 32.1 Å². The molecule has 1 saturated heterocycles. The normalized spacial score (nSPS) is 20.8. The lowest BCUT2D eigenvalue weighted by atomic mass is 9.84. The van der Waals surface area contributed by atoms with Crippen molar-refractivity contribution in [1.29, 1.82) is 0 Å². The quantitative estimate of drug-likeness (QED) is 0.800. The van der Waals surface area contributed by atoms with Gasteiger partial charge in [-0.15, -0.1) is 0 Å². The number of aromatic nitrogens is 1. The van der Waals surface area contributed by atoms with E-state index in [-0.39, 0.29) is 5.91 Å². The van der Waals surface area contributed by atoms with Crippen LogP contribution in [0.1, 0.15) is 42.5 Å². The number of carbonyl (C=O) groups excluding carboxylic acids is 1. The standard InChI is InChI=1S/C19H20N2OS/c22-19(21-12-6-10-14-7-4-5-11-17(14)21)16-13-20-23-18(16)15-8-2-1-3-9-15/h1-3,8-9,11,13-14H,4-7,10,12H2. The van der Waals surface area contributed by atoms with Crippen LogP contribution in [0.15, 0.2) is 48.3 Å². The van der Waals surface area contributed by atoms with E-state index < -0.39 is 0 Å². The van der Waals surface area contributed by atoms with Gasteiger partial charge in [0.05, 0.1) is 16.6 Å². The summed E-state index contributed by atoms with van der Waals surface area (Å²) in [5, 5.41) is 0. The van der Waals surface area contributed by atoms with Gasteiger partial charge in [-0.05, 0) is 55.1 Å². The summed E-state index contributed by atoms with van der Waals surface area (Å²) in [5.41, 5.74) is 3.08. The predicted molar refractivity (Wildman–Crippen MR) is 93.2 cm³/mol. The summed E-state index contributed by atoms with van der Waals surface area (Å²) in [4.78, 5) is 16.2. The monoisotopic (exact) mass is 324 g/mol. The molecule has 4 heteroatoms. The second kappa shape index (κ2) is 6.28. The molecule has 0 N–H and O–H groups in total. The van der Waals surface area contributed by atoms with Gasteiger partial charge in [0.25, 0.3) is 5.91 Å². The largest absolute Gasteiger partial charge is 0.312 e. The number of piperidine rings is 1. The Balaban J connectivity index is 1.68. The Morgan fingerprint density at radius 3 is 2.87 bits per heavy atom. The van der Waals surface area contributed by atoms with E-state index in [1.165, 1.54) is 36.5 Å². The van der Waals surface area contributed by atoms with Gasteiger partial charge < -0.3 is 4.90 Å².